The van der Waals surface area contributed by atoms with Crippen LogP contribution in [-0.4, -0.2) is 23.6 Å². The second kappa shape index (κ2) is 9.07. The van der Waals surface area contributed by atoms with Gasteiger partial charge in [-0.2, -0.15) is 0 Å². The standard InChI is InChI=1S/C16H15ClN2O3S/c17-12-6-8-14(9-7-12)22-16(21)23-11-10-18-15(20)19-13-4-2-1-3-5-13/h1-9H,10-11H2,(H2,18,19,20). The average molecular weight is 351 g/mol. The SMILES string of the molecule is O=C(NCCSC(=O)Oc1ccc(Cl)cc1)Nc1ccccc1. The zero-order chi connectivity index (χ0) is 16.5. The fraction of sp³-hybridized carbons (Fsp3) is 0.125. The average Bonchev–Trinajstić information content (AvgIpc) is 2.55. The molecule has 23 heavy (non-hydrogen) atoms. The van der Waals surface area contributed by atoms with Gasteiger partial charge in [0, 0.05) is 23.0 Å². The Labute approximate surface area is 143 Å². The van der Waals surface area contributed by atoms with E-state index in [1.807, 2.05) is 18.2 Å². The molecule has 0 radical (unpaired) electrons. The molecule has 0 aromatic heterocycles. The number of thioether (sulfide) groups is 1. The minimum Gasteiger partial charge on any atom is -0.418 e. The fourth-order valence-corrected chi connectivity index (χ4v) is 2.28. The quantitative estimate of drug-likeness (QED) is 0.619. The van der Waals surface area contributed by atoms with Gasteiger partial charge in [0.1, 0.15) is 5.75 Å². The zero-order valence-electron chi connectivity index (χ0n) is 12.1. The van der Waals surface area contributed by atoms with E-state index >= 15 is 0 Å². The molecule has 0 unspecified atom stereocenters. The number of carbonyl (C=O) groups is 2. The van der Waals surface area contributed by atoms with Crippen LogP contribution in [-0.2, 0) is 0 Å². The van der Waals surface area contributed by atoms with Crippen LogP contribution in [0.5, 0.6) is 5.75 Å². The Hall–Kier alpha value is -2.18. The van der Waals surface area contributed by atoms with Gasteiger partial charge in [-0.15, -0.1) is 0 Å². The molecule has 0 fully saturated rings. The van der Waals surface area contributed by atoms with Crippen LogP contribution in [0.15, 0.2) is 54.6 Å². The molecule has 2 rings (SSSR count). The maximum atomic E-state index is 11.6. The normalized spacial score (nSPS) is 9.96. The lowest BCUT2D eigenvalue weighted by Crippen LogP contribution is -2.30. The first-order valence-corrected chi connectivity index (χ1v) is 8.20. The lowest BCUT2D eigenvalue weighted by atomic mass is 10.3. The fourth-order valence-electron chi connectivity index (χ4n) is 1.62. The molecular formula is C16H15ClN2O3S. The van der Waals surface area contributed by atoms with Crippen LogP contribution < -0.4 is 15.4 Å². The lowest BCUT2D eigenvalue weighted by molar-refractivity contribution is 0.227. The van der Waals surface area contributed by atoms with Gasteiger partial charge < -0.3 is 15.4 Å². The number of nitrogens with one attached hydrogen (secondary N) is 2. The lowest BCUT2D eigenvalue weighted by Gasteiger charge is -2.07. The van der Waals surface area contributed by atoms with Crippen LogP contribution >= 0.6 is 23.4 Å². The van der Waals surface area contributed by atoms with Crippen LogP contribution in [0.25, 0.3) is 0 Å². The van der Waals surface area contributed by atoms with E-state index < -0.39 is 5.30 Å². The first-order chi connectivity index (χ1) is 11.1. The molecule has 2 aromatic carbocycles. The largest absolute Gasteiger partial charge is 0.418 e. The third-order valence-electron chi connectivity index (χ3n) is 2.65. The number of benzene rings is 2. The molecular weight excluding hydrogens is 336 g/mol. The van der Waals surface area contributed by atoms with Crippen molar-refractivity contribution in [1.29, 1.82) is 0 Å². The van der Waals surface area contributed by atoms with Gasteiger partial charge in [-0.3, -0.25) is 0 Å². The molecule has 120 valence electrons. The van der Waals surface area contributed by atoms with Gasteiger partial charge in [0.25, 0.3) is 0 Å². The number of anilines is 1. The number of urea groups is 1. The zero-order valence-corrected chi connectivity index (χ0v) is 13.7. The molecule has 0 saturated carbocycles. The molecule has 0 heterocycles. The predicted molar refractivity (Wildman–Crippen MR) is 93.4 cm³/mol. The molecule has 2 aromatic rings. The summed E-state index contributed by atoms with van der Waals surface area (Å²) in [6, 6.07) is 15.3. The van der Waals surface area contributed by atoms with Gasteiger partial charge in [-0.05, 0) is 48.2 Å². The highest BCUT2D eigenvalue weighted by Crippen LogP contribution is 2.17. The Kier molecular flexibility index (Phi) is 6.77. The maximum Gasteiger partial charge on any atom is 0.372 e. The Bertz CT molecular complexity index is 650. The van der Waals surface area contributed by atoms with Gasteiger partial charge >= 0.3 is 11.3 Å². The molecule has 0 aliphatic heterocycles. The van der Waals surface area contributed by atoms with Crippen molar-refractivity contribution in [2.24, 2.45) is 0 Å². The van der Waals surface area contributed by atoms with Crippen molar-refractivity contribution in [2.45, 2.75) is 0 Å². The Morgan fingerprint density at radius 1 is 1.04 bits per heavy atom. The van der Waals surface area contributed by atoms with Gasteiger partial charge in [-0.1, -0.05) is 29.8 Å². The van der Waals surface area contributed by atoms with E-state index in [1.54, 1.807) is 36.4 Å². The number of para-hydroxylation sites is 1. The smallest absolute Gasteiger partial charge is 0.372 e. The van der Waals surface area contributed by atoms with E-state index in [0.717, 1.165) is 11.8 Å². The highest BCUT2D eigenvalue weighted by Gasteiger charge is 2.06. The number of halogens is 1. The van der Waals surface area contributed by atoms with Gasteiger partial charge in [0.05, 0.1) is 0 Å². The maximum absolute atomic E-state index is 11.6. The van der Waals surface area contributed by atoms with Gasteiger partial charge in [0.2, 0.25) is 0 Å². The number of rotatable bonds is 5. The molecule has 2 amide bonds. The first-order valence-electron chi connectivity index (χ1n) is 6.83. The van der Waals surface area contributed by atoms with Crippen LogP contribution in [0.1, 0.15) is 0 Å². The van der Waals surface area contributed by atoms with Crippen LogP contribution in [0.3, 0.4) is 0 Å². The molecule has 5 nitrogen and oxygen atoms in total. The molecule has 0 atom stereocenters. The third-order valence-corrected chi connectivity index (χ3v) is 3.63. The highest BCUT2D eigenvalue weighted by atomic mass is 35.5. The number of hydrogen-bond acceptors (Lipinski definition) is 4. The number of amides is 2. The molecule has 7 heteroatoms. The van der Waals surface area contributed by atoms with Crippen molar-refractivity contribution in [3.8, 4) is 5.75 Å². The summed E-state index contributed by atoms with van der Waals surface area (Å²) >= 11 is 6.73. The molecule has 0 saturated heterocycles. The number of ether oxygens (including phenoxy) is 1. The summed E-state index contributed by atoms with van der Waals surface area (Å²) in [5, 5.41) is 5.49. The molecule has 0 bridgehead atoms. The minimum absolute atomic E-state index is 0.317. The van der Waals surface area contributed by atoms with Crippen molar-refractivity contribution in [3.63, 3.8) is 0 Å². The van der Waals surface area contributed by atoms with E-state index in [4.69, 9.17) is 16.3 Å². The van der Waals surface area contributed by atoms with E-state index in [1.165, 1.54) is 0 Å². The van der Waals surface area contributed by atoms with Crippen LogP contribution in [0, 0.1) is 0 Å². The molecule has 0 spiro atoms. The molecule has 2 N–H and O–H groups in total. The number of carbonyl (C=O) groups excluding carboxylic acids is 2. The van der Waals surface area contributed by atoms with E-state index in [0.29, 0.717) is 28.8 Å². The van der Waals surface area contributed by atoms with E-state index in [2.05, 4.69) is 10.6 Å². The van der Waals surface area contributed by atoms with E-state index in [9.17, 15) is 9.59 Å². The summed E-state index contributed by atoms with van der Waals surface area (Å²) < 4.78 is 5.11. The van der Waals surface area contributed by atoms with Crippen molar-refractivity contribution in [2.75, 3.05) is 17.6 Å². The summed E-state index contributed by atoms with van der Waals surface area (Å²) in [5.41, 5.74) is 0.708. The van der Waals surface area contributed by atoms with E-state index in [-0.39, 0.29) is 6.03 Å². The number of hydrogen-bond donors (Lipinski definition) is 2. The summed E-state index contributed by atoms with van der Waals surface area (Å²) in [5.74, 6) is 0.843. The van der Waals surface area contributed by atoms with Crippen molar-refractivity contribution >= 4 is 40.4 Å². The Balaban J connectivity index is 1.62. The molecule has 0 aliphatic carbocycles. The van der Waals surface area contributed by atoms with Crippen molar-refractivity contribution in [1.82, 2.24) is 5.32 Å². The monoisotopic (exact) mass is 350 g/mol. The van der Waals surface area contributed by atoms with Gasteiger partial charge in [0.15, 0.2) is 0 Å². The topological polar surface area (TPSA) is 67.4 Å². The summed E-state index contributed by atoms with van der Waals surface area (Å²) in [4.78, 5) is 23.2. The van der Waals surface area contributed by atoms with Crippen molar-refractivity contribution < 1.29 is 14.3 Å². The van der Waals surface area contributed by atoms with Crippen LogP contribution in [0.2, 0.25) is 5.02 Å². The Morgan fingerprint density at radius 2 is 1.74 bits per heavy atom. The van der Waals surface area contributed by atoms with Crippen molar-refractivity contribution in [3.05, 3.63) is 59.6 Å². The first kappa shape index (κ1) is 17.2. The second-order valence-electron chi connectivity index (χ2n) is 4.40. The summed E-state index contributed by atoms with van der Waals surface area (Å²) in [6.45, 7) is 0.346. The van der Waals surface area contributed by atoms with Crippen LogP contribution in [0.4, 0.5) is 15.3 Å². The predicted octanol–water partition coefficient (Wildman–Crippen LogP) is 4.39. The summed E-state index contributed by atoms with van der Waals surface area (Å²) in [7, 11) is 0. The minimum atomic E-state index is -0.433. The van der Waals surface area contributed by atoms with Gasteiger partial charge in [-0.25, -0.2) is 9.59 Å². The second-order valence-corrected chi connectivity index (χ2v) is 5.87. The Morgan fingerprint density at radius 3 is 2.43 bits per heavy atom. The highest BCUT2D eigenvalue weighted by molar-refractivity contribution is 8.13. The molecule has 0 aliphatic rings. The third kappa shape index (κ3) is 6.63. The summed E-state index contributed by atoms with van der Waals surface area (Å²) in [6.07, 6.45) is 0.